The van der Waals surface area contributed by atoms with Crippen LogP contribution in [0.25, 0.3) is 0 Å². The molecule has 0 unspecified atom stereocenters. The van der Waals surface area contributed by atoms with Gasteiger partial charge in [-0.3, -0.25) is 13.7 Å². The Hall–Kier alpha value is -1.38. The second-order valence-corrected chi connectivity index (χ2v) is 11.2. The monoisotopic (exact) mass is 442 g/mol. The second-order valence-electron chi connectivity index (χ2n) is 6.77. The molecule has 0 aromatic heterocycles. The zero-order chi connectivity index (χ0) is 21.0. The molecule has 1 aliphatic heterocycles. The molecule has 1 aromatic rings. The summed E-state index contributed by atoms with van der Waals surface area (Å²) in [4.78, 5) is -1.40. The lowest BCUT2D eigenvalue weighted by Crippen LogP contribution is -2.27. The normalized spacial score (nSPS) is 17.3. The maximum absolute atomic E-state index is 11.9. The van der Waals surface area contributed by atoms with Crippen molar-refractivity contribution >= 4 is 41.8 Å². The van der Waals surface area contributed by atoms with Crippen LogP contribution >= 0.6 is 0 Å². The van der Waals surface area contributed by atoms with Crippen LogP contribution in [0.15, 0.2) is 21.9 Å². The lowest BCUT2D eigenvalue weighted by atomic mass is 9.82. The van der Waals surface area contributed by atoms with Gasteiger partial charge in [-0.1, -0.05) is 0 Å². The van der Waals surface area contributed by atoms with Crippen LogP contribution in [0, 0.1) is 0 Å². The van der Waals surface area contributed by atoms with Crippen LogP contribution < -0.4 is 0 Å². The van der Waals surface area contributed by atoms with E-state index < -0.39 is 51.3 Å². The Morgan fingerprint density at radius 3 is 1.96 bits per heavy atom. The number of benzene rings is 1. The molecule has 0 bridgehead atoms. The van der Waals surface area contributed by atoms with E-state index in [0.717, 1.165) is 6.07 Å². The van der Waals surface area contributed by atoms with Crippen LogP contribution in [0.3, 0.4) is 0 Å². The molecule has 1 aromatic carbocycles. The Bertz CT molecular complexity index is 1140. The van der Waals surface area contributed by atoms with Gasteiger partial charge in [-0.15, -0.1) is 0 Å². The van der Waals surface area contributed by atoms with Crippen molar-refractivity contribution in [2.75, 3.05) is 12.3 Å². The average Bonchev–Trinajstić information content (AvgIpc) is 2.64. The quantitative estimate of drug-likeness (QED) is 0.427. The summed E-state index contributed by atoms with van der Waals surface area (Å²) < 4.78 is 98.0. The lowest BCUT2D eigenvalue weighted by molar-refractivity contribution is -0.441. The molecule has 2 rings (SSSR count). The Kier molecular flexibility index (Phi) is 5.36. The summed E-state index contributed by atoms with van der Waals surface area (Å²) in [6, 6.07) is 1.76. The van der Waals surface area contributed by atoms with Crippen molar-refractivity contribution in [3.8, 4) is 0 Å². The number of hydrogen-bond donors (Lipinski definition) is 3. The lowest BCUT2D eigenvalue weighted by Gasteiger charge is -2.16. The molecule has 0 saturated carbocycles. The highest BCUT2D eigenvalue weighted by molar-refractivity contribution is 7.86. The summed E-state index contributed by atoms with van der Waals surface area (Å²) in [5.41, 5.74) is -0.0596. The molecule has 10 nitrogen and oxygen atoms in total. The van der Waals surface area contributed by atoms with Gasteiger partial charge in [-0.05, 0) is 26.0 Å². The minimum absolute atomic E-state index is 0.00253. The molecule has 1 aliphatic rings. The first-order chi connectivity index (χ1) is 12.0. The van der Waals surface area contributed by atoms with Crippen LogP contribution in [-0.4, -0.2) is 61.5 Å². The van der Waals surface area contributed by atoms with Crippen molar-refractivity contribution in [1.29, 1.82) is 0 Å². The Morgan fingerprint density at radius 2 is 1.52 bits per heavy atom. The summed E-state index contributed by atoms with van der Waals surface area (Å²) in [6.45, 7) is 5.02. The Labute approximate surface area is 157 Å². The summed E-state index contributed by atoms with van der Waals surface area (Å²) in [5.74, 6) is -0.559. The summed E-state index contributed by atoms with van der Waals surface area (Å²) >= 11 is 0. The van der Waals surface area contributed by atoms with Gasteiger partial charge < -0.3 is 0 Å². The first-order valence-corrected chi connectivity index (χ1v) is 12.2. The highest BCUT2D eigenvalue weighted by atomic mass is 32.2. The van der Waals surface area contributed by atoms with E-state index in [4.69, 9.17) is 4.55 Å². The van der Waals surface area contributed by atoms with E-state index in [-0.39, 0.29) is 24.2 Å². The predicted molar refractivity (Wildman–Crippen MR) is 95.6 cm³/mol. The SMILES string of the molecule is CC1=[N+](CCCS(=O)(=O)O)c2c(cc(S(=O)(=O)O)cc2S(=O)(=O)O)C1(C)C. The molecule has 27 heavy (non-hydrogen) atoms. The van der Waals surface area contributed by atoms with Gasteiger partial charge in [0.05, 0.1) is 16.1 Å². The maximum Gasteiger partial charge on any atom is 0.301 e. The molecule has 1 heterocycles. The van der Waals surface area contributed by atoms with Crippen molar-refractivity contribution in [2.45, 2.75) is 42.4 Å². The van der Waals surface area contributed by atoms with E-state index in [1.54, 1.807) is 20.8 Å². The second kappa shape index (κ2) is 6.60. The fraction of sp³-hybridized carbons (Fsp3) is 0.500. The third kappa shape index (κ3) is 4.38. The van der Waals surface area contributed by atoms with Gasteiger partial charge in [0, 0.05) is 18.9 Å². The molecule has 152 valence electrons. The van der Waals surface area contributed by atoms with Crippen LogP contribution in [0.2, 0.25) is 0 Å². The van der Waals surface area contributed by atoms with Crippen molar-refractivity contribution in [3.05, 3.63) is 17.7 Å². The van der Waals surface area contributed by atoms with E-state index in [1.807, 2.05) is 0 Å². The van der Waals surface area contributed by atoms with E-state index in [9.17, 15) is 34.4 Å². The Morgan fingerprint density at radius 1 is 0.963 bits per heavy atom. The third-order valence-corrected chi connectivity index (χ3v) is 7.16. The fourth-order valence-electron chi connectivity index (χ4n) is 3.07. The van der Waals surface area contributed by atoms with E-state index in [1.165, 1.54) is 4.58 Å². The summed E-state index contributed by atoms with van der Waals surface area (Å²) in [5, 5.41) is 0. The zero-order valence-electron chi connectivity index (χ0n) is 14.7. The highest BCUT2D eigenvalue weighted by Crippen LogP contribution is 2.44. The number of nitrogens with zero attached hydrogens (tertiary/aromatic N) is 1. The standard InChI is InChI=1S/C14H19NO9S3/c1-9-14(2,3)11-7-10(26(19,20)21)8-12(27(22,23)24)13(11)15(9)5-4-6-25(16,17)18/h7-8H,4-6H2,1-3H3,(H2-,16,17,18,19,20,21,22,23,24)/p+1. The maximum atomic E-state index is 11.9. The van der Waals surface area contributed by atoms with Crippen molar-refractivity contribution in [2.24, 2.45) is 0 Å². The predicted octanol–water partition coefficient (Wildman–Crippen LogP) is 0.854. The molecule has 0 radical (unpaired) electrons. The van der Waals surface area contributed by atoms with Crippen molar-refractivity contribution in [1.82, 2.24) is 0 Å². The molecular weight excluding hydrogens is 422 g/mol. The van der Waals surface area contributed by atoms with Gasteiger partial charge in [-0.25, -0.2) is 0 Å². The van der Waals surface area contributed by atoms with E-state index >= 15 is 0 Å². The average molecular weight is 443 g/mol. The van der Waals surface area contributed by atoms with Crippen LogP contribution in [-0.2, 0) is 35.8 Å². The number of hydrogen-bond acceptors (Lipinski definition) is 6. The van der Waals surface area contributed by atoms with Gasteiger partial charge in [0.15, 0.2) is 10.6 Å². The number of rotatable bonds is 6. The van der Waals surface area contributed by atoms with Gasteiger partial charge >= 0.3 is 10.1 Å². The molecule has 0 aliphatic carbocycles. The van der Waals surface area contributed by atoms with Crippen LogP contribution in [0.5, 0.6) is 0 Å². The molecule has 0 amide bonds. The van der Waals surface area contributed by atoms with Gasteiger partial charge in [-0.2, -0.15) is 29.8 Å². The van der Waals surface area contributed by atoms with E-state index in [2.05, 4.69) is 0 Å². The van der Waals surface area contributed by atoms with Gasteiger partial charge in [0.25, 0.3) is 20.2 Å². The topological polar surface area (TPSA) is 166 Å². The number of fused-ring (bicyclic) bond motifs is 1. The molecule has 0 fully saturated rings. The van der Waals surface area contributed by atoms with Crippen LogP contribution in [0.4, 0.5) is 5.69 Å². The molecule has 0 atom stereocenters. The molecule has 0 spiro atoms. The minimum atomic E-state index is -4.87. The van der Waals surface area contributed by atoms with Crippen LogP contribution in [0.1, 0.15) is 32.8 Å². The first-order valence-electron chi connectivity index (χ1n) is 7.66. The summed E-state index contributed by atoms with van der Waals surface area (Å²) in [7, 11) is -13.8. The molecule has 0 saturated heterocycles. The third-order valence-electron chi connectivity index (χ3n) is 4.66. The fourth-order valence-corrected chi connectivity index (χ4v) is 4.91. The highest BCUT2D eigenvalue weighted by Gasteiger charge is 2.47. The Balaban J connectivity index is 2.76. The molecule has 3 N–H and O–H groups in total. The molecule has 13 heteroatoms. The smallest absolute Gasteiger partial charge is 0.286 e. The molecular formula is C14H20NO9S3+. The zero-order valence-corrected chi connectivity index (χ0v) is 17.2. The summed E-state index contributed by atoms with van der Waals surface area (Å²) in [6.07, 6.45) is -0.0450. The first kappa shape index (κ1) is 21.9. The van der Waals surface area contributed by atoms with Gasteiger partial charge in [0.1, 0.15) is 6.54 Å². The van der Waals surface area contributed by atoms with Gasteiger partial charge in [0.2, 0.25) is 5.69 Å². The van der Waals surface area contributed by atoms with Crippen molar-refractivity contribution < 1.29 is 43.5 Å². The van der Waals surface area contributed by atoms with Crippen molar-refractivity contribution in [3.63, 3.8) is 0 Å². The largest absolute Gasteiger partial charge is 0.301 e. The minimum Gasteiger partial charge on any atom is -0.286 e. The van der Waals surface area contributed by atoms with E-state index in [0.29, 0.717) is 11.8 Å².